The Labute approximate surface area is 92.3 Å². The lowest BCUT2D eigenvalue weighted by molar-refractivity contribution is -0.157. The summed E-state index contributed by atoms with van der Waals surface area (Å²) in [6, 6.07) is 0. The summed E-state index contributed by atoms with van der Waals surface area (Å²) in [6.07, 6.45) is 2.63. The van der Waals surface area contributed by atoms with Crippen molar-refractivity contribution in [3.05, 3.63) is 11.6 Å². The smallest absolute Gasteiger partial charge is 0.0615 e. The van der Waals surface area contributed by atoms with Crippen molar-refractivity contribution >= 4 is 0 Å². The zero-order valence-electron chi connectivity index (χ0n) is 10.2. The number of fused-ring (bicyclic) bond motifs is 2. The van der Waals surface area contributed by atoms with Gasteiger partial charge in [0.15, 0.2) is 0 Å². The van der Waals surface area contributed by atoms with Gasteiger partial charge in [0.1, 0.15) is 0 Å². The highest BCUT2D eigenvalue weighted by Gasteiger charge is 2.51. The molecule has 2 bridgehead atoms. The first kappa shape index (κ1) is 11.2. The fourth-order valence-corrected chi connectivity index (χ4v) is 3.60. The van der Waals surface area contributed by atoms with Crippen LogP contribution in [0.15, 0.2) is 11.6 Å². The Balaban J connectivity index is 2.43. The van der Waals surface area contributed by atoms with E-state index in [0.717, 1.165) is 0 Å². The van der Waals surface area contributed by atoms with Gasteiger partial charge in [-0.05, 0) is 25.7 Å². The van der Waals surface area contributed by atoms with E-state index in [1.807, 2.05) is 0 Å². The average molecular weight is 210 g/mol. The van der Waals surface area contributed by atoms with Crippen molar-refractivity contribution in [3.8, 4) is 0 Å². The SMILES string of the molecule is CC1=C[C@@H](C)[C@@]2(CO)CO[C@H](C)[C@H]1[C@H]2C. The topological polar surface area (TPSA) is 29.5 Å². The van der Waals surface area contributed by atoms with Gasteiger partial charge in [-0.1, -0.05) is 25.5 Å². The van der Waals surface area contributed by atoms with E-state index in [1.54, 1.807) is 0 Å². The van der Waals surface area contributed by atoms with Gasteiger partial charge in [0.05, 0.1) is 19.3 Å². The zero-order valence-corrected chi connectivity index (χ0v) is 10.2. The molecule has 2 aliphatic rings. The third-order valence-corrected chi connectivity index (χ3v) is 4.81. The molecule has 1 fully saturated rings. The van der Waals surface area contributed by atoms with Crippen molar-refractivity contribution < 1.29 is 9.84 Å². The molecule has 1 aliphatic heterocycles. The van der Waals surface area contributed by atoms with Gasteiger partial charge in [0.25, 0.3) is 0 Å². The Morgan fingerprint density at radius 1 is 1.47 bits per heavy atom. The number of aliphatic hydroxyl groups excluding tert-OH is 1. The Morgan fingerprint density at radius 2 is 2.13 bits per heavy atom. The molecular weight excluding hydrogens is 188 g/mol. The molecule has 0 aromatic carbocycles. The van der Waals surface area contributed by atoms with Crippen LogP contribution in [-0.2, 0) is 4.74 Å². The van der Waals surface area contributed by atoms with E-state index >= 15 is 0 Å². The highest BCUT2D eigenvalue weighted by molar-refractivity contribution is 5.20. The van der Waals surface area contributed by atoms with Gasteiger partial charge in [0.2, 0.25) is 0 Å². The van der Waals surface area contributed by atoms with Crippen molar-refractivity contribution in [3.63, 3.8) is 0 Å². The molecule has 0 aromatic heterocycles. The molecule has 0 unspecified atom stereocenters. The van der Waals surface area contributed by atoms with Crippen LogP contribution in [0.4, 0.5) is 0 Å². The van der Waals surface area contributed by atoms with Gasteiger partial charge in [0, 0.05) is 11.3 Å². The monoisotopic (exact) mass is 210 g/mol. The predicted octanol–water partition coefficient (Wildman–Crippen LogP) is 2.23. The lowest BCUT2D eigenvalue weighted by Crippen LogP contribution is -2.55. The first-order valence-corrected chi connectivity index (χ1v) is 5.93. The highest BCUT2D eigenvalue weighted by Crippen LogP contribution is 2.51. The fraction of sp³-hybridized carbons (Fsp3) is 0.846. The summed E-state index contributed by atoms with van der Waals surface area (Å²) in [5.41, 5.74) is 1.39. The summed E-state index contributed by atoms with van der Waals surface area (Å²) in [6.45, 7) is 9.76. The van der Waals surface area contributed by atoms with E-state index in [4.69, 9.17) is 4.74 Å². The van der Waals surface area contributed by atoms with Crippen LogP contribution >= 0.6 is 0 Å². The summed E-state index contributed by atoms with van der Waals surface area (Å²) in [4.78, 5) is 0. The van der Waals surface area contributed by atoms with Crippen molar-refractivity contribution in [1.29, 1.82) is 0 Å². The quantitative estimate of drug-likeness (QED) is 0.673. The van der Waals surface area contributed by atoms with E-state index in [2.05, 4.69) is 33.8 Å². The van der Waals surface area contributed by atoms with Crippen LogP contribution in [-0.4, -0.2) is 24.4 Å². The maximum absolute atomic E-state index is 9.70. The lowest BCUT2D eigenvalue weighted by atomic mass is 9.56. The van der Waals surface area contributed by atoms with Crippen LogP contribution in [0, 0.1) is 23.2 Å². The molecule has 5 atom stereocenters. The third kappa shape index (κ3) is 1.38. The molecule has 0 radical (unpaired) electrons. The molecule has 0 saturated carbocycles. The van der Waals surface area contributed by atoms with Gasteiger partial charge >= 0.3 is 0 Å². The number of hydrogen-bond acceptors (Lipinski definition) is 2. The Hall–Kier alpha value is -0.340. The van der Waals surface area contributed by atoms with Crippen molar-refractivity contribution in [1.82, 2.24) is 0 Å². The molecular formula is C13H22O2. The Kier molecular flexibility index (Phi) is 2.68. The predicted molar refractivity (Wildman–Crippen MR) is 60.5 cm³/mol. The van der Waals surface area contributed by atoms with Crippen LogP contribution < -0.4 is 0 Å². The Bertz CT molecular complexity index is 284. The minimum atomic E-state index is -0.0450. The minimum absolute atomic E-state index is 0.0450. The second kappa shape index (κ2) is 3.60. The van der Waals surface area contributed by atoms with Crippen molar-refractivity contribution in [2.75, 3.05) is 13.2 Å². The molecule has 15 heavy (non-hydrogen) atoms. The third-order valence-electron chi connectivity index (χ3n) is 4.81. The molecule has 0 aromatic rings. The molecule has 1 aliphatic carbocycles. The molecule has 2 nitrogen and oxygen atoms in total. The van der Waals surface area contributed by atoms with Crippen LogP contribution in [0.2, 0.25) is 0 Å². The second-order valence-electron chi connectivity index (χ2n) is 5.42. The summed E-state index contributed by atoms with van der Waals surface area (Å²) >= 11 is 0. The van der Waals surface area contributed by atoms with Crippen molar-refractivity contribution in [2.24, 2.45) is 23.2 Å². The molecule has 2 rings (SSSR count). The molecule has 1 saturated heterocycles. The van der Waals surface area contributed by atoms with Crippen LogP contribution in [0.25, 0.3) is 0 Å². The highest BCUT2D eigenvalue weighted by atomic mass is 16.5. The van der Waals surface area contributed by atoms with E-state index in [1.165, 1.54) is 5.57 Å². The molecule has 0 amide bonds. The zero-order chi connectivity index (χ0) is 11.2. The molecule has 1 heterocycles. The maximum atomic E-state index is 9.70. The van der Waals surface area contributed by atoms with Crippen LogP contribution in [0.3, 0.4) is 0 Å². The first-order chi connectivity index (χ1) is 7.03. The van der Waals surface area contributed by atoms with E-state index in [0.29, 0.717) is 30.5 Å². The summed E-state index contributed by atoms with van der Waals surface area (Å²) in [5.74, 6) is 1.43. The van der Waals surface area contributed by atoms with Gasteiger partial charge in [-0.15, -0.1) is 0 Å². The van der Waals surface area contributed by atoms with E-state index in [9.17, 15) is 5.11 Å². The number of ether oxygens (including phenoxy) is 1. The van der Waals surface area contributed by atoms with Crippen LogP contribution in [0.1, 0.15) is 27.7 Å². The van der Waals surface area contributed by atoms with Gasteiger partial charge in [-0.3, -0.25) is 0 Å². The van der Waals surface area contributed by atoms with E-state index < -0.39 is 0 Å². The lowest BCUT2D eigenvalue weighted by Gasteiger charge is -2.54. The molecule has 0 spiro atoms. The van der Waals surface area contributed by atoms with Gasteiger partial charge in [-0.25, -0.2) is 0 Å². The molecule has 1 N–H and O–H groups in total. The van der Waals surface area contributed by atoms with E-state index in [-0.39, 0.29) is 12.0 Å². The van der Waals surface area contributed by atoms with Crippen molar-refractivity contribution in [2.45, 2.75) is 33.8 Å². The number of rotatable bonds is 1. The van der Waals surface area contributed by atoms with Gasteiger partial charge in [-0.2, -0.15) is 0 Å². The minimum Gasteiger partial charge on any atom is -0.396 e. The Morgan fingerprint density at radius 3 is 2.73 bits per heavy atom. The normalized spacial score (nSPS) is 50.1. The average Bonchev–Trinajstić information content (AvgIpc) is 2.17. The second-order valence-corrected chi connectivity index (χ2v) is 5.42. The molecule has 86 valence electrons. The summed E-state index contributed by atoms with van der Waals surface area (Å²) in [7, 11) is 0. The maximum Gasteiger partial charge on any atom is 0.0615 e. The number of aliphatic hydroxyl groups is 1. The fourth-order valence-electron chi connectivity index (χ4n) is 3.60. The first-order valence-electron chi connectivity index (χ1n) is 5.93. The number of allylic oxidation sites excluding steroid dienone is 1. The summed E-state index contributed by atoms with van der Waals surface area (Å²) in [5, 5.41) is 9.70. The molecule has 2 heteroatoms. The summed E-state index contributed by atoms with van der Waals surface area (Å²) < 4.78 is 5.85. The largest absolute Gasteiger partial charge is 0.396 e. The van der Waals surface area contributed by atoms with Crippen LogP contribution in [0.5, 0.6) is 0 Å². The van der Waals surface area contributed by atoms with Gasteiger partial charge < -0.3 is 9.84 Å². The standard InChI is InChI=1S/C13H22O2/c1-8-5-9(2)13(6-14)7-15-11(4)12(8)10(13)3/h5,9-12,14H,6-7H2,1-4H3/t9-,10-,11-,12-,13-/m1/s1. The number of hydrogen-bond donors (Lipinski definition) is 1.